The summed E-state index contributed by atoms with van der Waals surface area (Å²) in [5, 5.41) is 3.94. The van der Waals surface area contributed by atoms with Gasteiger partial charge in [-0.1, -0.05) is 16.8 Å². The van der Waals surface area contributed by atoms with Crippen molar-refractivity contribution < 1.29 is 9.26 Å². The summed E-state index contributed by atoms with van der Waals surface area (Å²) in [7, 11) is 0. The van der Waals surface area contributed by atoms with Gasteiger partial charge in [-0.05, 0) is 31.9 Å². The van der Waals surface area contributed by atoms with Crippen LogP contribution < -0.4 is 10.5 Å². The molecule has 1 heterocycles. The van der Waals surface area contributed by atoms with Gasteiger partial charge in [-0.25, -0.2) is 0 Å². The summed E-state index contributed by atoms with van der Waals surface area (Å²) in [6.07, 6.45) is 2.58. The molecule has 2 N–H and O–H groups in total. The predicted molar refractivity (Wildman–Crippen MR) is 66.0 cm³/mol. The first kappa shape index (κ1) is 11.2. The monoisotopic (exact) mass is 245 g/mol. The first-order valence-electron chi connectivity index (χ1n) is 6.06. The van der Waals surface area contributed by atoms with Crippen LogP contribution in [-0.4, -0.2) is 16.2 Å². The fraction of sp³-hybridized carbons (Fsp3) is 0.385. The molecule has 0 amide bonds. The van der Waals surface area contributed by atoms with E-state index in [0.717, 1.165) is 29.7 Å². The standard InChI is InChI=1S/C13H15N3O2/c1-8-2-5-11(17-9-3-4-9)10(6-8)13-15-12(7-14)18-16-13/h2,5-6,9H,3-4,7,14H2,1H3. The van der Waals surface area contributed by atoms with Crippen molar-refractivity contribution in [1.29, 1.82) is 0 Å². The highest BCUT2D eigenvalue weighted by Crippen LogP contribution is 2.34. The Bertz CT molecular complexity index is 561. The van der Waals surface area contributed by atoms with E-state index in [1.54, 1.807) is 0 Å². The lowest BCUT2D eigenvalue weighted by atomic mass is 10.1. The SMILES string of the molecule is Cc1ccc(OC2CC2)c(-c2noc(CN)n2)c1. The number of rotatable bonds is 4. The highest BCUT2D eigenvalue weighted by molar-refractivity contribution is 5.64. The molecule has 0 radical (unpaired) electrons. The molecular formula is C13H15N3O2. The van der Waals surface area contributed by atoms with E-state index in [4.69, 9.17) is 15.0 Å². The molecule has 0 saturated heterocycles. The summed E-state index contributed by atoms with van der Waals surface area (Å²) < 4.78 is 10.9. The number of benzene rings is 1. The predicted octanol–water partition coefficient (Wildman–Crippen LogP) is 2.04. The van der Waals surface area contributed by atoms with Gasteiger partial charge in [0.25, 0.3) is 0 Å². The van der Waals surface area contributed by atoms with E-state index in [2.05, 4.69) is 10.1 Å². The Balaban J connectivity index is 1.99. The molecule has 5 heteroatoms. The minimum Gasteiger partial charge on any atom is -0.490 e. The van der Waals surface area contributed by atoms with Crippen LogP contribution in [0.15, 0.2) is 22.7 Å². The lowest BCUT2D eigenvalue weighted by Gasteiger charge is -2.08. The van der Waals surface area contributed by atoms with Crippen molar-refractivity contribution in [1.82, 2.24) is 10.1 Å². The third-order valence-electron chi connectivity index (χ3n) is 2.84. The zero-order valence-corrected chi connectivity index (χ0v) is 10.2. The van der Waals surface area contributed by atoms with Crippen molar-refractivity contribution in [2.75, 3.05) is 0 Å². The highest BCUT2D eigenvalue weighted by atomic mass is 16.5. The molecule has 18 heavy (non-hydrogen) atoms. The van der Waals surface area contributed by atoms with Gasteiger partial charge in [0.15, 0.2) is 0 Å². The molecular weight excluding hydrogens is 230 g/mol. The summed E-state index contributed by atoms with van der Waals surface area (Å²) >= 11 is 0. The van der Waals surface area contributed by atoms with Crippen LogP contribution in [0.4, 0.5) is 0 Å². The molecule has 0 unspecified atom stereocenters. The van der Waals surface area contributed by atoms with Crippen LogP contribution in [0.5, 0.6) is 5.75 Å². The summed E-state index contributed by atoms with van der Waals surface area (Å²) in [5.41, 5.74) is 7.47. The van der Waals surface area contributed by atoms with Crippen LogP contribution in [0.2, 0.25) is 0 Å². The zero-order chi connectivity index (χ0) is 12.5. The lowest BCUT2D eigenvalue weighted by Crippen LogP contribution is -1.99. The molecule has 1 aliphatic carbocycles. The van der Waals surface area contributed by atoms with Crippen molar-refractivity contribution in [2.45, 2.75) is 32.4 Å². The van der Waals surface area contributed by atoms with Crippen LogP contribution in [0.3, 0.4) is 0 Å². The van der Waals surface area contributed by atoms with Crippen LogP contribution in [0.1, 0.15) is 24.3 Å². The maximum absolute atomic E-state index is 5.86. The molecule has 94 valence electrons. The fourth-order valence-electron chi connectivity index (χ4n) is 1.73. The largest absolute Gasteiger partial charge is 0.490 e. The minimum absolute atomic E-state index is 0.248. The van der Waals surface area contributed by atoms with E-state index in [0.29, 0.717) is 17.8 Å². The Labute approximate surface area is 105 Å². The fourth-order valence-corrected chi connectivity index (χ4v) is 1.73. The minimum atomic E-state index is 0.248. The molecule has 1 aliphatic rings. The van der Waals surface area contributed by atoms with Crippen molar-refractivity contribution >= 4 is 0 Å². The quantitative estimate of drug-likeness (QED) is 0.892. The van der Waals surface area contributed by atoms with Crippen LogP contribution in [-0.2, 0) is 6.54 Å². The van der Waals surface area contributed by atoms with Crippen molar-refractivity contribution in [2.24, 2.45) is 5.73 Å². The molecule has 1 aromatic carbocycles. The number of nitrogens with two attached hydrogens (primary N) is 1. The summed E-state index contributed by atoms with van der Waals surface area (Å²) in [4.78, 5) is 4.25. The first-order chi connectivity index (χ1) is 8.76. The van der Waals surface area contributed by atoms with Crippen LogP contribution in [0.25, 0.3) is 11.4 Å². The number of hydrogen-bond donors (Lipinski definition) is 1. The molecule has 1 fully saturated rings. The number of ether oxygens (including phenoxy) is 1. The number of aryl methyl sites for hydroxylation is 1. The smallest absolute Gasteiger partial charge is 0.240 e. The van der Waals surface area contributed by atoms with Crippen LogP contribution in [0, 0.1) is 6.92 Å². The Kier molecular flexibility index (Phi) is 2.76. The van der Waals surface area contributed by atoms with Crippen molar-refractivity contribution in [3.63, 3.8) is 0 Å². The van der Waals surface area contributed by atoms with E-state index < -0.39 is 0 Å². The number of nitrogens with zero attached hydrogens (tertiary/aromatic N) is 2. The molecule has 0 aliphatic heterocycles. The van der Waals surface area contributed by atoms with Gasteiger partial charge in [0.2, 0.25) is 11.7 Å². The van der Waals surface area contributed by atoms with Gasteiger partial charge in [-0.15, -0.1) is 0 Å². The Hall–Kier alpha value is -1.88. The normalized spacial score (nSPS) is 14.8. The highest BCUT2D eigenvalue weighted by Gasteiger charge is 2.25. The van der Waals surface area contributed by atoms with Gasteiger partial charge in [-0.2, -0.15) is 4.98 Å². The average Bonchev–Trinajstić information content (AvgIpc) is 3.06. The van der Waals surface area contributed by atoms with E-state index in [9.17, 15) is 0 Å². The second-order valence-electron chi connectivity index (χ2n) is 4.53. The van der Waals surface area contributed by atoms with Crippen LogP contribution >= 0.6 is 0 Å². The van der Waals surface area contributed by atoms with E-state index in [-0.39, 0.29) is 6.54 Å². The topological polar surface area (TPSA) is 74.2 Å². The van der Waals surface area contributed by atoms with E-state index in [1.165, 1.54) is 0 Å². The second-order valence-corrected chi connectivity index (χ2v) is 4.53. The molecule has 1 saturated carbocycles. The van der Waals surface area contributed by atoms with E-state index >= 15 is 0 Å². The Morgan fingerprint density at radius 3 is 2.94 bits per heavy atom. The van der Waals surface area contributed by atoms with E-state index in [1.807, 2.05) is 25.1 Å². The molecule has 0 atom stereocenters. The molecule has 0 bridgehead atoms. The first-order valence-corrected chi connectivity index (χ1v) is 6.06. The van der Waals surface area contributed by atoms with Gasteiger partial charge in [-0.3, -0.25) is 0 Å². The van der Waals surface area contributed by atoms with Crippen molar-refractivity contribution in [3.8, 4) is 17.1 Å². The third-order valence-corrected chi connectivity index (χ3v) is 2.84. The van der Waals surface area contributed by atoms with Gasteiger partial charge in [0.05, 0.1) is 18.2 Å². The summed E-state index contributed by atoms with van der Waals surface area (Å²) in [5.74, 6) is 1.78. The van der Waals surface area contributed by atoms with Gasteiger partial charge in [0.1, 0.15) is 5.75 Å². The maximum atomic E-state index is 5.86. The molecule has 3 rings (SSSR count). The Morgan fingerprint density at radius 1 is 1.44 bits per heavy atom. The maximum Gasteiger partial charge on any atom is 0.240 e. The molecule has 0 spiro atoms. The molecule has 2 aromatic rings. The van der Waals surface area contributed by atoms with Gasteiger partial charge < -0.3 is 15.0 Å². The second kappa shape index (κ2) is 4.42. The van der Waals surface area contributed by atoms with Gasteiger partial charge >= 0.3 is 0 Å². The zero-order valence-electron chi connectivity index (χ0n) is 10.2. The van der Waals surface area contributed by atoms with Gasteiger partial charge in [0, 0.05) is 0 Å². The molecule has 1 aromatic heterocycles. The number of hydrogen-bond acceptors (Lipinski definition) is 5. The third kappa shape index (κ3) is 2.22. The van der Waals surface area contributed by atoms with Crippen molar-refractivity contribution in [3.05, 3.63) is 29.7 Å². The number of aromatic nitrogens is 2. The summed E-state index contributed by atoms with van der Waals surface area (Å²) in [6, 6.07) is 5.98. The average molecular weight is 245 g/mol. The molecule has 5 nitrogen and oxygen atoms in total. The Morgan fingerprint density at radius 2 is 2.28 bits per heavy atom. The lowest BCUT2D eigenvalue weighted by molar-refractivity contribution is 0.304. The summed E-state index contributed by atoms with van der Waals surface area (Å²) in [6.45, 7) is 2.27.